The molecule has 1 aliphatic rings. The molecule has 0 aliphatic heterocycles. The maximum Gasteiger partial charge on any atom is 0.272 e. The standard InChI is InChI=1S/C28H30N6O3S/c1-4-6-8-24(35)21-15-20(10-9-19(21)7-5-2)23-16-38-27(31-23)32-25(36)18(3)30-26(37)22-11-14-34(33-22)28(17-29)12-13-28/h5,7,9-11,14-16,18H,4,6,8,12-13H2,1-3H3,(H,30,37)(H,31,32,36)/b7-5-. The molecule has 2 aromatic heterocycles. The zero-order valence-corrected chi connectivity index (χ0v) is 22.5. The zero-order chi connectivity index (χ0) is 27.3. The molecule has 0 spiro atoms. The van der Waals surface area contributed by atoms with Crippen molar-refractivity contribution in [3.05, 3.63) is 58.7 Å². The van der Waals surface area contributed by atoms with Gasteiger partial charge in [0.05, 0.1) is 11.8 Å². The molecular formula is C28H30N6O3S. The van der Waals surface area contributed by atoms with Gasteiger partial charge in [-0.15, -0.1) is 11.3 Å². The van der Waals surface area contributed by atoms with Crippen LogP contribution in [0, 0.1) is 11.3 Å². The number of thiazole rings is 1. The fourth-order valence-corrected chi connectivity index (χ4v) is 4.68. The van der Waals surface area contributed by atoms with Crippen LogP contribution in [0.2, 0.25) is 0 Å². The van der Waals surface area contributed by atoms with Crippen LogP contribution in [-0.2, 0) is 10.3 Å². The van der Waals surface area contributed by atoms with E-state index in [0.29, 0.717) is 35.7 Å². The van der Waals surface area contributed by atoms with Gasteiger partial charge in [0.2, 0.25) is 5.91 Å². The molecule has 0 saturated heterocycles. The minimum absolute atomic E-state index is 0.0971. The van der Waals surface area contributed by atoms with E-state index >= 15 is 0 Å². The summed E-state index contributed by atoms with van der Waals surface area (Å²) in [7, 11) is 0. The van der Waals surface area contributed by atoms with E-state index in [1.165, 1.54) is 22.1 Å². The van der Waals surface area contributed by atoms with E-state index in [1.807, 2.05) is 42.7 Å². The van der Waals surface area contributed by atoms with Crippen molar-refractivity contribution in [3.8, 4) is 17.3 Å². The monoisotopic (exact) mass is 530 g/mol. The van der Waals surface area contributed by atoms with Gasteiger partial charge in [-0.3, -0.25) is 19.1 Å². The van der Waals surface area contributed by atoms with Crippen molar-refractivity contribution in [2.45, 2.75) is 64.5 Å². The average molecular weight is 531 g/mol. The number of nitriles is 1. The Morgan fingerprint density at radius 1 is 1.29 bits per heavy atom. The number of Topliss-reactive ketones (excluding diaryl/α,β-unsaturated/α-hetero) is 1. The van der Waals surface area contributed by atoms with Crippen molar-refractivity contribution in [2.75, 3.05) is 5.32 Å². The number of nitrogens with one attached hydrogen (secondary N) is 2. The molecule has 1 atom stereocenters. The maximum absolute atomic E-state index is 12.8. The Morgan fingerprint density at radius 3 is 2.76 bits per heavy atom. The van der Waals surface area contributed by atoms with Crippen molar-refractivity contribution in [1.82, 2.24) is 20.1 Å². The molecule has 2 amide bonds. The van der Waals surface area contributed by atoms with E-state index in [2.05, 4.69) is 33.7 Å². The first-order chi connectivity index (χ1) is 18.3. The van der Waals surface area contributed by atoms with Crippen LogP contribution in [0.4, 0.5) is 5.13 Å². The summed E-state index contributed by atoms with van der Waals surface area (Å²) in [6, 6.07) is 8.59. The van der Waals surface area contributed by atoms with Crippen LogP contribution in [-0.4, -0.2) is 38.4 Å². The van der Waals surface area contributed by atoms with Crippen molar-refractivity contribution >= 4 is 40.1 Å². The molecular weight excluding hydrogens is 500 g/mol. The number of amides is 2. The lowest BCUT2D eigenvalue weighted by Gasteiger charge is -2.12. The number of ketones is 1. The first kappa shape index (κ1) is 26.9. The molecule has 0 bridgehead atoms. The second-order valence-corrected chi connectivity index (χ2v) is 10.2. The number of unbranched alkanes of at least 4 members (excludes halogenated alkanes) is 1. The van der Waals surface area contributed by atoms with Crippen LogP contribution < -0.4 is 10.6 Å². The van der Waals surface area contributed by atoms with E-state index in [4.69, 9.17) is 0 Å². The molecule has 9 nitrogen and oxygen atoms in total. The van der Waals surface area contributed by atoms with Gasteiger partial charge in [0, 0.05) is 29.1 Å². The van der Waals surface area contributed by atoms with Crippen molar-refractivity contribution in [3.63, 3.8) is 0 Å². The fraction of sp³-hybridized carbons (Fsp3) is 0.357. The number of nitrogens with zero attached hydrogens (tertiary/aromatic N) is 4. The van der Waals surface area contributed by atoms with Gasteiger partial charge in [0.15, 0.2) is 10.9 Å². The molecule has 1 unspecified atom stereocenters. The molecule has 4 rings (SSSR count). The zero-order valence-electron chi connectivity index (χ0n) is 21.7. The third kappa shape index (κ3) is 5.89. The Kier molecular flexibility index (Phi) is 8.17. The van der Waals surface area contributed by atoms with Gasteiger partial charge in [0.1, 0.15) is 17.3 Å². The SMILES string of the molecule is C/C=C\c1ccc(-c2csc(NC(=O)C(C)NC(=O)c3ccn(C4(C#N)CC4)n3)n2)cc1C(=O)CCCC. The number of rotatable bonds is 11. The number of carbonyl (C=O) groups is 3. The number of benzene rings is 1. The Hall–Kier alpha value is -4.10. The van der Waals surface area contributed by atoms with E-state index in [1.54, 1.807) is 13.1 Å². The highest BCUT2D eigenvalue weighted by atomic mass is 32.1. The maximum atomic E-state index is 12.8. The van der Waals surface area contributed by atoms with Gasteiger partial charge >= 0.3 is 0 Å². The number of allylic oxidation sites excluding steroid dienone is 1. The van der Waals surface area contributed by atoms with Crippen LogP contribution in [0.5, 0.6) is 0 Å². The molecule has 1 aromatic carbocycles. The third-order valence-electron chi connectivity index (χ3n) is 6.42. The van der Waals surface area contributed by atoms with Gasteiger partial charge in [-0.1, -0.05) is 37.6 Å². The number of anilines is 1. The van der Waals surface area contributed by atoms with Crippen molar-refractivity contribution in [2.24, 2.45) is 0 Å². The van der Waals surface area contributed by atoms with Crippen LogP contribution in [0.25, 0.3) is 17.3 Å². The van der Waals surface area contributed by atoms with Crippen LogP contribution in [0.3, 0.4) is 0 Å². The van der Waals surface area contributed by atoms with Gasteiger partial charge in [-0.25, -0.2) is 4.98 Å². The third-order valence-corrected chi connectivity index (χ3v) is 7.18. The van der Waals surface area contributed by atoms with Crippen molar-refractivity contribution < 1.29 is 14.4 Å². The molecule has 1 aliphatic carbocycles. The fourth-order valence-electron chi connectivity index (χ4n) is 3.96. The van der Waals surface area contributed by atoms with E-state index in [-0.39, 0.29) is 11.5 Å². The Labute approximate surface area is 225 Å². The first-order valence-corrected chi connectivity index (χ1v) is 13.5. The van der Waals surface area contributed by atoms with Gasteiger partial charge in [-0.2, -0.15) is 10.4 Å². The lowest BCUT2D eigenvalue weighted by atomic mass is 9.96. The molecule has 2 heterocycles. The van der Waals surface area contributed by atoms with E-state index < -0.39 is 23.4 Å². The smallest absolute Gasteiger partial charge is 0.272 e. The molecule has 196 valence electrons. The molecule has 38 heavy (non-hydrogen) atoms. The summed E-state index contributed by atoms with van der Waals surface area (Å²) in [6.07, 6.45) is 9.13. The first-order valence-electron chi connectivity index (χ1n) is 12.6. The van der Waals surface area contributed by atoms with Gasteiger partial charge < -0.3 is 10.6 Å². The predicted octanol–water partition coefficient (Wildman–Crippen LogP) is 5.18. The number of hydrogen-bond donors (Lipinski definition) is 2. The highest BCUT2D eigenvalue weighted by Crippen LogP contribution is 2.42. The summed E-state index contributed by atoms with van der Waals surface area (Å²) in [5, 5.41) is 21.1. The molecule has 0 radical (unpaired) electrons. The Balaban J connectivity index is 1.41. The molecule has 10 heteroatoms. The van der Waals surface area contributed by atoms with Crippen LogP contribution in [0.15, 0.2) is 41.9 Å². The highest BCUT2D eigenvalue weighted by Gasteiger charge is 2.46. The van der Waals surface area contributed by atoms with Crippen LogP contribution in [0.1, 0.15) is 79.3 Å². The Bertz CT molecular complexity index is 1430. The summed E-state index contributed by atoms with van der Waals surface area (Å²) in [5.41, 5.74) is 2.46. The van der Waals surface area contributed by atoms with Crippen LogP contribution >= 0.6 is 11.3 Å². The normalized spacial score (nSPS) is 14.6. The predicted molar refractivity (Wildman–Crippen MR) is 147 cm³/mol. The second kappa shape index (κ2) is 11.5. The quantitative estimate of drug-likeness (QED) is 0.329. The minimum Gasteiger partial charge on any atom is -0.339 e. The lowest BCUT2D eigenvalue weighted by molar-refractivity contribution is -0.117. The topological polar surface area (TPSA) is 130 Å². The summed E-state index contributed by atoms with van der Waals surface area (Å²) in [6.45, 7) is 5.55. The Morgan fingerprint density at radius 2 is 2.08 bits per heavy atom. The second-order valence-electron chi connectivity index (χ2n) is 9.34. The molecule has 1 saturated carbocycles. The molecule has 2 N–H and O–H groups in total. The molecule has 3 aromatic rings. The van der Waals surface area contributed by atoms with Crippen molar-refractivity contribution in [1.29, 1.82) is 5.26 Å². The number of hydrogen-bond acceptors (Lipinski definition) is 7. The number of carbonyl (C=O) groups excluding carboxylic acids is 3. The highest BCUT2D eigenvalue weighted by molar-refractivity contribution is 7.14. The van der Waals surface area contributed by atoms with E-state index in [0.717, 1.165) is 24.0 Å². The number of aromatic nitrogens is 3. The van der Waals surface area contributed by atoms with E-state index in [9.17, 15) is 19.6 Å². The van der Waals surface area contributed by atoms with Gasteiger partial charge in [-0.05, 0) is 50.8 Å². The lowest BCUT2D eigenvalue weighted by Crippen LogP contribution is -2.41. The summed E-state index contributed by atoms with van der Waals surface area (Å²) >= 11 is 1.26. The average Bonchev–Trinajstić information content (AvgIpc) is 3.31. The van der Waals surface area contributed by atoms with Gasteiger partial charge in [0.25, 0.3) is 5.91 Å². The summed E-state index contributed by atoms with van der Waals surface area (Å²) < 4.78 is 1.51. The summed E-state index contributed by atoms with van der Waals surface area (Å²) in [5.74, 6) is -0.824. The largest absolute Gasteiger partial charge is 0.339 e. The molecule has 1 fully saturated rings. The summed E-state index contributed by atoms with van der Waals surface area (Å²) in [4.78, 5) is 42.6. The minimum atomic E-state index is -0.839.